The van der Waals surface area contributed by atoms with Crippen LogP contribution in [0.1, 0.15) is 18.5 Å². The summed E-state index contributed by atoms with van der Waals surface area (Å²) in [4.78, 5) is 3.75. The quantitative estimate of drug-likeness (QED) is 0.801. The van der Waals surface area contributed by atoms with Crippen LogP contribution in [0.15, 0.2) is 18.2 Å². The molecular formula is C12H15F2NO4S. The van der Waals surface area contributed by atoms with Gasteiger partial charge in [0.15, 0.2) is 9.84 Å². The molecule has 1 aliphatic rings. The molecule has 0 saturated carbocycles. The standard InChI is InChI=1S/C12H15F2NO4S/c13-12(14)19-11-5-1-3-9(15-11)7-20(16,17)8-10-4-2-6-18-10/h1,3,5,10,12H,2,4,6-8H2. The lowest BCUT2D eigenvalue weighted by atomic mass is 10.3. The zero-order chi connectivity index (χ0) is 14.6. The molecule has 0 spiro atoms. The highest BCUT2D eigenvalue weighted by Crippen LogP contribution is 2.17. The molecule has 1 aliphatic heterocycles. The van der Waals surface area contributed by atoms with Crippen LogP contribution in [-0.2, 0) is 20.3 Å². The second-order valence-electron chi connectivity index (χ2n) is 4.54. The van der Waals surface area contributed by atoms with Crippen molar-refractivity contribution in [2.24, 2.45) is 0 Å². The van der Waals surface area contributed by atoms with E-state index in [9.17, 15) is 17.2 Å². The fourth-order valence-electron chi connectivity index (χ4n) is 2.04. The van der Waals surface area contributed by atoms with Gasteiger partial charge in [-0.05, 0) is 18.9 Å². The molecule has 1 saturated heterocycles. The van der Waals surface area contributed by atoms with Crippen LogP contribution in [0, 0.1) is 0 Å². The molecule has 1 aromatic rings. The summed E-state index contributed by atoms with van der Waals surface area (Å²) in [6, 6.07) is 4.15. The Morgan fingerprint density at radius 3 is 2.90 bits per heavy atom. The summed E-state index contributed by atoms with van der Waals surface area (Å²) < 4.78 is 57.5. The Labute approximate surface area is 115 Å². The van der Waals surface area contributed by atoms with E-state index in [1.807, 2.05) is 0 Å². The van der Waals surface area contributed by atoms with E-state index in [-0.39, 0.29) is 29.2 Å². The number of nitrogens with zero attached hydrogens (tertiary/aromatic N) is 1. The van der Waals surface area contributed by atoms with Crippen molar-refractivity contribution in [1.82, 2.24) is 4.98 Å². The molecule has 2 rings (SSSR count). The number of hydrogen-bond donors (Lipinski definition) is 0. The van der Waals surface area contributed by atoms with E-state index in [2.05, 4.69) is 9.72 Å². The van der Waals surface area contributed by atoms with E-state index in [4.69, 9.17) is 4.74 Å². The molecule has 0 amide bonds. The highest BCUT2D eigenvalue weighted by molar-refractivity contribution is 7.90. The highest BCUT2D eigenvalue weighted by atomic mass is 32.2. The van der Waals surface area contributed by atoms with Gasteiger partial charge in [-0.15, -0.1) is 0 Å². The number of alkyl halides is 2. The number of rotatable bonds is 6. The molecule has 0 N–H and O–H groups in total. The van der Waals surface area contributed by atoms with Crippen LogP contribution in [0.5, 0.6) is 5.88 Å². The molecule has 1 fully saturated rings. The summed E-state index contributed by atoms with van der Waals surface area (Å²) >= 11 is 0. The summed E-state index contributed by atoms with van der Waals surface area (Å²) in [5.74, 6) is -0.674. The Hall–Kier alpha value is -1.28. The molecule has 5 nitrogen and oxygen atoms in total. The van der Waals surface area contributed by atoms with Gasteiger partial charge in [-0.25, -0.2) is 13.4 Å². The molecule has 0 aliphatic carbocycles. The minimum atomic E-state index is -3.39. The van der Waals surface area contributed by atoms with Crippen molar-refractivity contribution >= 4 is 9.84 Å². The van der Waals surface area contributed by atoms with Crippen molar-refractivity contribution in [1.29, 1.82) is 0 Å². The maximum absolute atomic E-state index is 12.1. The molecule has 0 bridgehead atoms. The summed E-state index contributed by atoms with van der Waals surface area (Å²) in [7, 11) is -3.39. The lowest BCUT2D eigenvalue weighted by molar-refractivity contribution is -0.0529. The fraction of sp³-hybridized carbons (Fsp3) is 0.583. The first kappa shape index (κ1) is 15.1. The Balaban J connectivity index is 2.00. The Morgan fingerprint density at radius 1 is 1.45 bits per heavy atom. The number of halogens is 2. The molecule has 20 heavy (non-hydrogen) atoms. The Morgan fingerprint density at radius 2 is 2.25 bits per heavy atom. The number of aromatic nitrogens is 1. The lowest BCUT2D eigenvalue weighted by Gasteiger charge is -2.10. The van der Waals surface area contributed by atoms with Gasteiger partial charge in [0.2, 0.25) is 5.88 Å². The molecule has 8 heteroatoms. The zero-order valence-electron chi connectivity index (χ0n) is 10.7. The third kappa shape index (κ3) is 4.68. The average molecular weight is 307 g/mol. The van der Waals surface area contributed by atoms with Gasteiger partial charge in [0.05, 0.1) is 23.3 Å². The van der Waals surface area contributed by atoms with Crippen LogP contribution in [0.4, 0.5) is 8.78 Å². The van der Waals surface area contributed by atoms with E-state index in [1.54, 1.807) is 0 Å². The summed E-state index contributed by atoms with van der Waals surface area (Å²) in [5, 5.41) is 0. The first-order chi connectivity index (χ1) is 9.44. The van der Waals surface area contributed by atoms with Gasteiger partial charge >= 0.3 is 6.61 Å². The molecular weight excluding hydrogens is 292 g/mol. The monoisotopic (exact) mass is 307 g/mol. The van der Waals surface area contributed by atoms with Crippen LogP contribution in [0.25, 0.3) is 0 Å². The number of ether oxygens (including phenoxy) is 2. The Bertz CT molecular complexity index is 544. The number of hydrogen-bond acceptors (Lipinski definition) is 5. The average Bonchev–Trinajstić information content (AvgIpc) is 2.79. The lowest BCUT2D eigenvalue weighted by Crippen LogP contribution is -2.21. The molecule has 1 atom stereocenters. The van der Waals surface area contributed by atoms with Crippen molar-refractivity contribution in [2.75, 3.05) is 12.4 Å². The van der Waals surface area contributed by atoms with Gasteiger partial charge < -0.3 is 9.47 Å². The molecule has 0 aromatic carbocycles. The van der Waals surface area contributed by atoms with E-state index < -0.39 is 16.4 Å². The molecule has 0 radical (unpaired) electrons. The SMILES string of the molecule is O=S(=O)(Cc1cccc(OC(F)F)n1)CC1CCCO1. The largest absolute Gasteiger partial charge is 0.417 e. The topological polar surface area (TPSA) is 65.5 Å². The maximum atomic E-state index is 12.1. The van der Waals surface area contributed by atoms with Gasteiger partial charge in [-0.3, -0.25) is 0 Å². The minimum Gasteiger partial charge on any atom is -0.417 e. The first-order valence-electron chi connectivity index (χ1n) is 6.17. The smallest absolute Gasteiger partial charge is 0.388 e. The molecule has 112 valence electrons. The van der Waals surface area contributed by atoms with Gasteiger partial charge in [0.25, 0.3) is 0 Å². The second kappa shape index (κ2) is 6.45. The third-order valence-electron chi connectivity index (χ3n) is 2.82. The van der Waals surface area contributed by atoms with Crippen molar-refractivity contribution in [2.45, 2.75) is 31.3 Å². The normalized spacial score (nSPS) is 19.4. The first-order valence-corrected chi connectivity index (χ1v) is 7.99. The maximum Gasteiger partial charge on any atom is 0.388 e. The van der Waals surface area contributed by atoms with Crippen molar-refractivity contribution in [3.05, 3.63) is 23.9 Å². The Kier molecular flexibility index (Phi) is 4.87. The van der Waals surface area contributed by atoms with Gasteiger partial charge in [0.1, 0.15) is 0 Å². The van der Waals surface area contributed by atoms with Crippen LogP contribution in [-0.4, -0.2) is 38.5 Å². The van der Waals surface area contributed by atoms with Crippen LogP contribution >= 0.6 is 0 Å². The van der Waals surface area contributed by atoms with E-state index in [1.165, 1.54) is 18.2 Å². The predicted octanol–water partition coefficient (Wildman–Crippen LogP) is 1.78. The summed E-state index contributed by atoms with van der Waals surface area (Å²) in [5.41, 5.74) is 0.182. The van der Waals surface area contributed by atoms with Gasteiger partial charge in [-0.2, -0.15) is 8.78 Å². The van der Waals surface area contributed by atoms with Crippen LogP contribution < -0.4 is 4.74 Å². The van der Waals surface area contributed by atoms with Gasteiger partial charge in [0, 0.05) is 12.7 Å². The second-order valence-corrected chi connectivity index (χ2v) is 6.64. The number of pyridine rings is 1. The van der Waals surface area contributed by atoms with Crippen molar-refractivity contribution in [3.8, 4) is 5.88 Å². The minimum absolute atomic E-state index is 0.0748. The third-order valence-corrected chi connectivity index (χ3v) is 4.44. The molecule has 1 aromatic heterocycles. The van der Waals surface area contributed by atoms with Crippen molar-refractivity contribution in [3.63, 3.8) is 0 Å². The van der Waals surface area contributed by atoms with Crippen molar-refractivity contribution < 1.29 is 26.7 Å². The fourth-order valence-corrected chi connectivity index (χ4v) is 3.60. The summed E-state index contributed by atoms with van der Waals surface area (Å²) in [6.07, 6.45) is 1.30. The van der Waals surface area contributed by atoms with Crippen LogP contribution in [0.2, 0.25) is 0 Å². The zero-order valence-corrected chi connectivity index (χ0v) is 11.5. The van der Waals surface area contributed by atoms with Gasteiger partial charge in [-0.1, -0.05) is 6.07 Å². The van der Waals surface area contributed by atoms with E-state index in [0.29, 0.717) is 6.61 Å². The van der Waals surface area contributed by atoms with E-state index >= 15 is 0 Å². The summed E-state index contributed by atoms with van der Waals surface area (Å²) in [6.45, 7) is -2.41. The number of sulfone groups is 1. The molecule has 2 heterocycles. The van der Waals surface area contributed by atoms with Crippen LogP contribution in [0.3, 0.4) is 0 Å². The van der Waals surface area contributed by atoms with E-state index in [0.717, 1.165) is 12.8 Å². The predicted molar refractivity (Wildman–Crippen MR) is 67.3 cm³/mol. The highest BCUT2D eigenvalue weighted by Gasteiger charge is 2.24. The molecule has 1 unspecified atom stereocenters.